The molecule has 0 amide bonds. The Labute approximate surface area is 193 Å². The topological polar surface area (TPSA) is 57.0 Å². The Morgan fingerprint density at radius 2 is 2.03 bits per heavy atom. The van der Waals surface area contributed by atoms with Crippen molar-refractivity contribution in [2.45, 2.75) is 51.2 Å². The predicted octanol–water partition coefficient (Wildman–Crippen LogP) is 2.63. The number of anilines is 1. The number of nitrogens with two attached hydrogens (primary N) is 1. The van der Waals surface area contributed by atoms with Crippen molar-refractivity contribution in [1.82, 2.24) is 15.1 Å². The van der Waals surface area contributed by atoms with Crippen LogP contribution in [-0.2, 0) is 4.74 Å². The minimum Gasteiger partial charge on any atom is -0.397 e. The highest BCUT2D eigenvalue weighted by molar-refractivity contribution is 5.68. The van der Waals surface area contributed by atoms with Gasteiger partial charge in [0.15, 0.2) is 0 Å². The average Bonchev–Trinajstić information content (AvgIpc) is 3.43. The van der Waals surface area contributed by atoms with Crippen LogP contribution in [0.2, 0.25) is 0 Å². The summed E-state index contributed by atoms with van der Waals surface area (Å²) in [5.41, 5.74) is 10.9. The van der Waals surface area contributed by atoms with Gasteiger partial charge in [-0.2, -0.15) is 0 Å². The van der Waals surface area contributed by atoms with Crippen molar-refractivity contribution in [1.29, 1.82) is 0 Å². The number of hydrogen-bond acceptors (Lipinski definition) is 6. The first kappa shape index (κ1) is 22.1. The predicted molar refractivity (Wildman–Crippen MR) is 132 cm³/mol. The molecule has 4 fully saturated rings. The number of nitrogens with zero attached hydrogens (tertiary/aromatic N) is 3. The zero-order valence-corrected chi connectivity index (χ0v) is 19.8. The summed E-state index contributed by atoms with van der Waals surface area (Å²) in [5.74, 6) is 0.986. The first-order valence-electron chi connectivity index (χ1n) is 12.8. The molecule has 2 bridgehead atoms. The highest BCUT2D eigenvalue weighted by Gasteiger charge is 2.38. The van der Waals surface area contributed by atoms with E-state index in [9.17, 15) is 0 Å². The van der Waals surface area contributed by atoms with E-state index in [1.165, 1.54) is 69.7 Å². The Bertz CT molecular complexity index is 797. The van der Waals surface area contributed by atoms with Gasteiger partial charge in [-0.1, -0.05) is 6.07 Å². The summed E-state index contributed by atoms with van der Waals surface area (Å²) in [7, 11) is 0. The minimum absolute atomic E-state index is 0.316. The molecule has 1 aromatic carbocycles. The zero-order valence-electron chi connectivity index (χ0n) is 19.8. The number of benzene rings is 1. The van der Waals surface area contributed by atoms with Gasteiger partial charge < -0.3 is 20.7 Å². The molecule has 176 valence electrons. The van der Waals surface area contributed by atoms with E-state index in [0.29, 0.717) is 6.10 Å². The van der Waals surface area contributed by atoms with Gasteiger partial charge in [-0.3, -0.25) is 9.80 Å². The van der Waals surface area contributed by atoms with E-state index in [-0.39, 0.29) is 0 Å². The standard InChI is InChI=1S/C26H41N5O/c1-20-14-22(5-6-25(20)26(27)17-28-16-24-4-2-3-13-32-24)30-11-9-29(10-12-30)19-23-15-21-7-8-31(23)18-21/h5-6,14,17,21,23-24,28H,2-4,7-13,15-16,18-19,27H2,1H3/b26-17-. The maximum Gasteiger partial charge on any atom is 0.0747 e. The Kier molecular flexibility index (Phi) is 6.91. The molecule has 4 aliphatic heterocycles. The lowest BCUT2D eigenvalue weighted by Crippen LogP contribution is -2.50. The number of piperidine rings is 1. The minimum atomic E-state index is 0.316. The van der Waals surface area contributed by atoms with Gasteiger partial charge >= 0.3 is 0 Å². The summed E-state index contributed by atoms with van der Waals surface area (Å²) in [6, 6.07) is 7.54. The van der Waals surface area contributed by atoms with Crippen LogP contribution in [0.15, 0.2) is 24.4 Å². The number of rotatable bonds is 7. The van der Waals surface area contributed by atoms with Crippen molar-refractivity contribution >= 4 is 11.4 Å². The molecule has 6 heteroatoms. The molecule has 32 heavy (non-hydrogen) atoms. The molecule has 4 unspecified atom stereocenters. The summed E-state index contributed by atoms with van der Waals surface area (Å²) in [6.07, 6.45) is 8.72. The number of fused-ring (bicyclic) bond motifs is 2. The maximum atomic E-state index is 6.40. The number of aryl methyl sites for hydroxylation is 1. The monoisotopic (exact) mass is 439 g/mol. The largest absolute Gasteiger partial charge is 0.397 e. The third-order valence-electron chi connectivity index (χ3n) is 8.04. The molecular weight excluding hydrogens is 398 g/mol. The van der Waals surface area contributed by atoms with Crippen LogP contribution in [0.3, 0.4) is 0 Å². The molecule has 6 nitrogen and oxygen atoms in total. The SMILES string of the molecule is Cc1cc(N2CCN(CC3CC4CCN3C4)CC2)ccc1/C(N)=C/NCC1CCCCO1. The van der Waals surface area contributed by atoms with E-state index in [2.05, 4.69) is 45.1 Å². The lowest BCUT2D eigenvalue weighted by atomic mass is 10.00. The van der Waals surface area contributed by atoms with Crippen molar-refractivity contribution in [3.05, 3.63) is 35.5 Å². The van der Waals surface area contributed by atoms with Crippen LogP contribution in [0.4, 0.5) is 5.69 Å². The second-order valence-electron chi connectivity index (χ2n) is 10.3. The van der Waals surface area contributed by atoms with Gasteiger partial charge in [0.25, 0.3) is 0 Å². The molecular formula is C26H41N5O. The number of nitrogens with one attached hydrogen (secondary N) is 1. The zero-order chi connectivity index (χ0) is 21.9. The second-order valence-corrected chi connectivity index (χ2v) is 10.3. The molecule has 0 saturated carbocycles. The van der Waals surface area contributed by atoms with E-state index in [0.717, 1.165) is 55.9 Å². The Morgan fingerprint density at radius 1 is 1.16 bits per heavy atom. The van der Waals surface area contributed by atoms with Gasteiger partial charge in [-0.15, -0.1) is 0 Å². The van der Waals surface area contributed by atoms with E-state index >= 15 is 0 Å². The second kappa shape index (κ2) is 10.0. The molecule has 4 saturated heterocycles. The molecule has 3 N–H and O–H groups in total. The molecule has 0 aromatic heterocycles. The van der Waals surface area contributed by atoms with Gasteiger partial charge in [0, 0.05) is 75.9 Å². The van der Waals surface area contributed by atoms with Gasteiger partial charge in [0.2, 0.25) is 0 Å². The Balaban J connectivity index is 1.11. The molecule has 4 aliphatic rings. The van der Waals surface area contributed by atoms with Crippen LogP contribution < -0.4 is 16.0 Å². The molecule has 4 atom stereocenters. The lowest BCUT2D eigenvalue weighted by Gasteiger charge is -2.39. The third-order valence-corrected chi connectivity index (χ3v) is 8.04. The molecule has 0 radical (unpaired) electrons. The summed E-state index contributed by atoms with van der Waals surface area (Å²) < 4.78 is 5.79. The molecule has 4 heterocycles. The average molecular weight is 440 g/mol. The molecule has 0 aliphatic carbocycles. The van der Waals surface area contributed by atoms with Crippen molar-refractivity contribution in [2.75, 3.05) is 63.9 Å². The quantitative estimate of drug-likeness (QED) is 0.681. The fourth-order valence-corrected chi connectivity index (χ4v) is 6.11. The van der Waals surface area contributed by atoms with Gasteiger partial charge in [-0.05, 0) is 69.2 Å². The molecule has 5 rings (SSSR count). The summed E-state index contributed by atoms with van der Waals surface area (Å²) in [4.78, 5) is 7.95. The Morgan fingerprint density at radius 3 is 2.72 bits per heavy atom. The van der Waals surface area contributed by atoms with E-state index in [1.54, 1.807) is 0 Å². The summed E-state index contributed by atoms with van der Waals surface area (Å²) in [6.45, 7) is 12.4. The number of piperazine rings is 1. The van der Waals surface area contributed by atoms with Gasteiger partial charge in [0.1, 0.15) is 0 Å². The van der Waals surface area contributed by atoms with Crippen LogP contribution in [0.25, 0.3) is 5.70 Å². The smallest absolute Gasteiger partial charge is 0.0747 e. The fourth-order valence-electron chi connectivity index (χ4n) is 6.11. The van der Waals surface area contributed by atoms with Crippen LogP contribution in [0.1, 0.15) is 43.2 Å². The molecule has 0 spiro atoms. The van der Waals surface area contributed by atoms with Crippen LogP contribution >= 0.6 is 0 Å². The summed E-state index contributed by atoms with van der Waals surface area (Å²) in [5, 5.41) is 3.37. The highest BCUT2D eigenvalue weighted by Crippen LogP contribution is 2.33. The maximum absolute atomic E-state index is 6.40. The molecule has 1 aromatic rings. The van der Waals surface area contributed by atoms with Crippen molar-refractivity contribution in [2.24, 2.45) is 11.7 Å². The van der Waals surface area contributed by atoms with Crippen molar-refractivity contribution < 1.29 is 4.74 Å². The first-order chi connectivity index (χ1) is 15.7. The fraction of sp³-hybridized carbons (Fsp3) is 0.692. The normalized spacial score (nSPS) is 31.3. The van der Waals surface area contributed by atoms with Crippen molar-refractivity contribution in [3.8, 4) is 0 Å². The third kappa shape index (κ3) is 5.08. The van der Waals surface area contributed by atoms with E-state index in [1.807, 2.05) is 6.20 Å². The highest BCUT2D eigenvalue weighted by atomic mass is 16.5. The number of hydrogen-bond donors (Lipinski definition) is 2. The van der Waals surface area contributed by atoms with Crippen LogP contribution in [0.5, 0.6) is 0 Å². The van der Waals surface area contributed by atoms with Gasteiger partial charge in [0.05, 0.1) is 11.8 Å². The Hall–Kier alpha value is -1.76. The van der Waals surface area contributed by atoms with E-state index in [4.69, 9.17) is 10.5 Å². The summed E-state index contributed by atoms with van der Waals surface area (Å²) >= 11 is 0. The van der Waals surface area contributed by atoms with Crippen LogP contribution in [0, 0.1) is 12.8 Å². The lowest BCUT2D eigenvalue weighted by molar-refractivity contribution is 0.0188. The van der Waals surface area contributed by atoms with Crippen molar-refractivity contribution in [3.63, 3.8) is 0 Å². The van der Waals surface area contributed by atoms with Gasteiger partial charge in [-0.25, -0.2) is 0 Å². The van der Waals surface area contributed by atoms with E-state index < -0.39 is 0 Å². The first-order valence-corrected chi connectivity index (χ1v) is 12.8. The van der Waals surface area contributed by atoms with Crippen LogP contribution in [-0.4, -0.2) is 80.9 Å². The number of ether oxygens (including phenoxy) is 1.